The van der Waals surface area contributed by atoms with Crippen molar-refractivity contribution in [2.24, 2.45) is 5.92 Å². The van der Waals surface area contributed by atoms with Gasteiger partial charge in [-0.3, -0.25) is 14.5 Å². The van der Waals surface area contributed by atoms with Gasteiger partial charge in [0.1, 0.15) is 12.1 Å². The van der Waals surface area contributed by atoms with Crippen LogP contribution in [0.3, 0.4) is 0 Å². The second kappa shape index (κ2) is 6.26. The van der Waals surface area contributed by atoms with Gasteiger partial charge in [-0.15, -0.1) is 0 Å². The van der Waals surface area contributed by atoms with Crippen LogP contribution in [-0.2, 0) is 15.1 Å². The highest BCUT2D eigenvalue weighted by Gasteiger charge is 2.49. The number of nitrogens with zero attached hydrogens (tertiary/aromatic N) is 2. The van der Waals surface area contributed by atoms with Crippen LogP contribution >= 0.6 is 0 Å². The summed E-state index contributed by atoms with van der Waals surface area (Å²) in [5.41, 5.74) is -0.404. The molecule has 2 aliphatic rings. The van der Waals surface area contributed by atoms with Gasteiger partial charge in [0.2, 0.25) is 5.91 Å². The fraction of sp³-hybridized carbons (Fsp3) is 0.500. The second-order valence-electron chi connectivity index (χ2n) is 6.90. The van der Waals surface area contributed by atoms with Crippen molar-refractivity contribution in [3.05, 3.63) is 35.9 Å². The van der Waals surface area contributed by atoms with Gasteiger partial charge in [0.15, 0.2) is 0 Å². The summed E-state index contributed by atoms with van der Waals surface area (Å²) in [4.78, 5) is 40.4. The number of nitrogens with one attached hydrogen (secondary N) is 1. The summed E-state index contributed by atoms with van der Waals surface area (Å²) >= 11 is 0. The van der Waals surface area contributed by atoms with Crippen LogP contribution in [0.2, 0.25) is 0 Å². The van der Waals surface area contributed by atoms with E-state index < -0.39 is 11.6 Å². The molecule has 4 amide bonds. The van der Waals surface area contributed by atoms with Crippen LogP contribution in [0.4, 0.5) is 4.79 Å². The van der Waals surface area contributed by atoms with E-state index in [-0.39, 0.29) is 18.4 Å². The van der Waals surface area contributed by atoms with Crippen molar-refractivity contribution in [3.8, 4) is 0 Å². The topological polar surface area (TPSA) is 69.7 Å². The van der Waals surface area contributed by atoms with Crippen LogP contribution < -0.4 is 5.32 Å². The van der Waals surface area contributed by atoms with Crippen molar-refractivity contribution in [1.82, 2.24) is 15.1 Å². The molecular weight excluding hydrogens is 306 g/mol. The predicted molar refractivity (Wildman–Crippen MR) is 89.0 cm³/mol. The normalized spacial score (nSPS) is 27.3. The third-order valence-electron chi connectivity index (χ3n) is 4.93. The third-order valence-corrected chi connectivity index (χ3v) is 4.93. The second-order valence-corrected chi connectivity index (χ2v) is 6.90. The Morgan fingerprint density at radius 2 is 2.00 bits per heavy atom. The molecule has 0 bridgehead atoms. The molecular formula is C18H23N3O3. The molecule has 2 saturated heterocycles. The minimum Gasteiger partial charge on any atom is -0.341 e. The first-order valence-corrected chi connectivity index (χ1v) is 8.39. The van der Waals surface area contributed by atoms with Crippen LogP contribution in [0, 0.1) is 5.92 Å². The van der Waals surface area contributed by atoms with E-state index in [0.717, 1.165) is 17.7 Å². The largest absolute Gasteiger partial charge is 0.341 e. The first-order chi connectivity index (χ1) is 11.4. The zero-order valence-electron chi connectivity index (χ0n) is 14.1. The highest BCUT2D eigenvalue weighted by atomic mass is 16.2. The summed E-state index contributed by atoms with van der Waals surface area (Å²) in [7, 11) is 0. The van der Waals surface area contributed by atoms with Crippen LogP contribution in [0.5, 0.6) is 0 Å². The van der Waals surface area contributed by atoms with E-state index in [1.54, 1.807) is 24.0 Å². The van der Waals surface area contributed by atoms with Gasteiger partial charge in [0, 0.05) is 13.1 Å². The molecule has 2 atom stereocenters. The van der Waals surface area contributed by atoms with Gasteiger partial charge in [-0.25, -0.2) is 4.79 Å². The summed E-state index contributed by atoms with van der Waals surface area (Å²) in [5.74, 6) is -0.0835. The summed E-state index contributed by atoms with van der Waals surface area (Å²) in [6, 6.07) is 8.59. The number of hydrogen-bond acceptors (Lipinski definition) is 3. The number of imide groups is 1. The number of carbonyl (C=O) groups excluding carboxylic acids is 3. The van der Waals surface area contributed by atoms with Crippen molar-refractivity contribution in [2.45, 2.75) is 32.2 Å². The quantitative estimate of drug-likeness (QED) is 0.858. The number of hydrogen-bond donors (Lipinski definition) is 1. The molecule has 0 aromatic heterocycles. The van der Waals surface area contributed by atoms with Gasteiger partial charge in [-0.1, -0.05) is 37.3 Å². The maximum Gasteiger partial charge on any atom is 0.325 e. The lowest BCUT2D eigenvalue weighted by Crippen LogP contribution is -2.47. The molecule has 2 fully saturated rings. The number of piperidine rings is 1. The fourth-order valence-electron chi connectivity index (χ4n) is 3.46. The number of likely N-dealkylation sites (tertiary alicyclic amines) is 1. The Hall–Kier alpha value is -2.37. The van der Waals surface area contributed by atoms with Gasteiger partial charge in [0.05, 0.1) is 0 Å². The van der Waals surface area contributed by atoms with Crippen LogP contribution in [0.15, 0.2) is 30.3 Å². The number of carbonyl (C=O) groups is 3. The Morgan fingerprint density at radius 3 is 2.67 bits per heavy atom. The standard InChI is InChI=1S/C18H23N3O3/c1-13-7-6-10-20(11-13)15(22)12-21-16(23)18(2,19-17(21)24)14-8-4-3-5-9-14/h3-5,8-9,13H,6-7,10-12H2,1-2H3,(H,19,24)/t13-,18-/m1/s1. The lowest BCUT2D eigenvalue weighted by atomic mass is 9.92. The van der Waals surface area contributed by atoms with E-state index in [4.69, 9.17) is 0 Å². The first kappa shape index (κ1) is 16.5. The Morgan fingerprint density at radius 1 is 1.29 bits per heavy atom. The Labute approximate surface area is 141 Å². The Bertz CT molecular complexity index is 661. The number of benzene rings is 1. The summed E-state index contributed by atoms with van der Waals surface area (Å²) < 4.78 is 0. The monoisotopic (exact) mass is 329 g/mol. The van der Waals surface area contributed by atoms with Crippen molar-refractivity contribution < 1.29 is 14.4 Å². The molecule has 6 heteroatoms. The van der Waals surface area contributed by atoms with Crippen molar-refractivity contribution in [2.75, 3.05) is 19.6 Å². The van der Waals surface area contributed by atoms with E-state index in [1.807, 2.05) is 18.2 Å². The molecule has 128 valence electrons. The Kier molecular flexibility index (Phi) is 4.30. The van der Waals surface area contributed by atoms with Crippen molar-refractivity contribution in [3.63, 3.8) is 0 Å². The zero-order chi connectivity index (χ0) is 17.3. The van der Waals surface area contributed by atoms with E-state index in [9.17, 15) is 14.4 Å². The highest BCUT2D eigenvalue weighted by molar-refractivity contribution is 6.09. The van der Waals surface area contributed by atoms with Gasteiger partial charge < -0.3 is 10.2 Å². The molecule has 0 unspecified atom stereocenters. The molecule has 6 nitrogen and oxygen atoms in total. The van der Waals surface area contributed by atoms with Crippen LogP contribution in [-0.4, -0.2) is 47.3 Å². The van der Waals surface area contributed by atoms with Gasteiger partial charge in [0.25, 0.3) is 5.91 Å². The number of rotatable bonds is 3. The van der Waals surface area contributed by atoms with E-state index in [2.05, 4.69) is 12.2 Å². The minimum absolute atomic E-state index is 0.164. The molecule has 0 aliphatic carbocycles. The van der Waals surface area contributed by atoms with Crippen molar-refractivity contribution >= 4 is 17.8 Å². The van der Waals surface area contributed by atoms with Crippen molar-refractivity contribution in [1.29, 1.82) is 0 Å². The predicted octanol–water partition coefficient (Wildman–Crippen LogP) is 1.71. The smallest absolute Gasteiger partial charge is 0.325 e. The van der Waals surface area contributed by atoms with Gasteiger partial charge in [-0.05, 0) is 31.2 Å². The molecule has 1 N–H and O–H groups in total. The highest BCUT2D eigenvalue weighted by Crippen LogP contribution is 2.28. The lowest BCUT2D eigenvalue weighted by Gasteiger charge is -2.31. The molecule has 0 radical (unpaired) electrons. The molecule has 1 aromatic rings. The molecule has 2 heterocycles. The lowest BCUT2D eigenvalue weighted by molar-refractivity contribution is -0.139. The molecule has 24 heavy (non-hydrogen) atoms. The molecule has 2 aliphatic heterocycles. The average molecular weight is 329 g/mol. The van der Waals surface area contributed by atoms with Gasteiger partial charge >= 0.3 is 6.03 Å². The van der Waals surface area contributed by atoms with Crippen LogP contribution in [0.25, 0.3) is 0 Å². The summed E-state index contributed by atoms with van der Waals surface area (Å²) in [6.45, 7) is 4.98. The average Bonchev–Trinajstić information content (AvgIpc) is 2.80. The van der Waals surface area contributed by atoms with E-state index in [0.29, 0.717) is 24.6 Å². The molecule has 3 rings (SSSR count). The first-order valence-electron chi connectivity index (χ1n) is 8.39. The van der Waals surface area contributed by atoms with E-state index in [1.165, 1.54) is 0 Å². The van der Waals surface area contributed by atoms with Crippen LogP contribution in [0.1, 0.15) is 32.3 Å². The molecule has 0 saturated carbocycles. The fourth-order valence-corrected chi connectivity index (χ4v) is 3.46. The molecule has 1 aromatic carbocycles. The summed E-state index contributed by atoms with van der Waals surface area (Å²) in [6.07, 6.45) is 2.08. The summed E-state index contributed by atoms with van der Waals surface area (Å²) in [5, 5.41) is 2.73. The maximum atomic E-state index is 12.8. The van der Waals surface area contributed by atoms with Gasteiger partial charge in [-0.2, -0.15) is 0 Å². The maximum absolute atomic E-state index is 12.8. The zero-order valence-corrected chi connectivity index (χ0v) is 14.1. The number of amides is 4. The SMILES string of the molecule is C[C@@H]1CCCN(C(=O)CN2C(=O)N[C@](C)(c3ccccc3)C2=O)C1. The van der Waals surface area contributed by atoms with E-state index >= 15 is 0 Å². The molecule has 0 spiro atoms. The Balaban J connectivity index is 1.74. The minimum atomic E-state index is -1.12. The number of urea groups is 1. The third kappa shape index (κ3) is 2.88.